The second kappa shape index (κ2) is 7.23. The molecule has 2 bridgehead atoms. The predicted octanol–water partition coefficient (Wildman–Crippen LogP) is 0.108. The van der Waals surface area contributed by atoms with Crippen molar-refractivity contribution in [2.45, 2.75) is 25.0 Å². The number of rotatable bonds is 6. The van der Waals surface area contributed by atoms with Crippen LogP contribution in [0.5, 0.6) is 0 Å². The summed E-state index contributed by atoms with van der Waals surface area (Å²) >= 11 is 0. The van der Waals surface area contributed by atoms with Crippen LogP contribution in [0.3, 0.4) is 0 Å². The molecule has 156 valence electrons. The number of hydrogen-bond donors (Lipinski definition) is 1. The Morgan fingerprint density at radius 1 is 1.38 bits per heavy atom. The Bertz CT molecular complexity index is 833. The number of fused-ring (bicyclic) bond motifs is 1. The Labute approximate surface area is 169 Å². The van der Waals surface area contributed by atoms with Crippen LogP contribution in [0.1, 0.15) is 12.2 Å². The highest BCUT2D eigenvalue weighted by molar-refractivity contribution is 6.02. The molecule has 1 aromatic rings. The van der Waals surface area contributed by atoms with Gasteiger partial charge in [0, 0.05) is 25.7 Å². The Morgan fingerprint density at radius 3 is 2.97 bits per heavy atom. The van der Waals surface area contributed by atoms with Gasteiger partial charge in [0.05, 0.1) is 37.7 Å². The van der Waals surface area contributed by atoms with Gasteiger partial charge in [0.15, 0.2) is 5.82 Å². The zero-order valence-electron chi connectivity index (χ0n) is 16.5. The number of nitrogens with zero attached hydrogens (tertiary/aromatic N) is 3. The Hall–Kier alpha value is -2.23. The van der Waals surface area contributed by atoms with Crippen molar-refractivity contribution < 1.29 is 23.6 Å². The quantitative estimate of drug-likeness (QED) is 0.533. The van der Waals surface area contributed by atoms with Gasteiger partial charge in [0.1, 0.15) is 11.4 Å². The zero-order chi connectivity index (χ0) is 20.0. The lowest BCUT2D eigenvalue weighted by Gasteiger charge is -2.27. The molecule has 5 rings (SSSR count). The summed E-state index contributed by atoms with van der Waals surface area (Å²) < 4.78 is 16.6. The van der Waals surface area contributed by atoms with Crippen LogP contribution >= 0.6 is 0 Å². The molecule has 4 atom stereocenters. The van der Waals surface area contributed by atoms with Gasteiger partial charge in [-0.15, -0.1) is 0 Å². The van der Waals surface area contributed by atoms with Gasteiger partial charge in [-0.25, -0.2) is 0 Å². The lowest BCUT2D eigenvalue weighted by molar-refractivity contribution is -0.131. The molecule has 0 aliphatic carbocycles. The number of morpholine rings is 1. The smallest absolute Gasteiger partial charge is 0.235 e. The molecule has 9 nitrogen and oxygen atoms in total. The predicted molar refractivity (Wildman–Crippen MR) is 102 cm³/mol. The van der Waals surface area contributed by atoms with Gasteiger partial charge < -0.3 is 19.3 Å². The molecule has 9 heteroatoms. The topological polar surface area (TPSA) is 97.1 Å². The molecule has 4 aliphatic rings. The van der Waals surface area contributed by atoms with Gasteiger partial charge in [-0.1, -0.05) is 17.3 Å². The van der Waals surface area contributed by atoms with E-state index in [1.165, 1.54) is 0 Å². The van der Waals surface area contributed by atoms with Crippen molar-refractivity contribution in [3.8, 4) is 0 Å². The zero-order valence-corrected chi connectivity index (χ0v) is 16.5. The molecule has 3 unspecified atom stereocenters. The average molecular weight is 402 g/mol. The standard InChI is InChI=1S/C20H26N4O5/c1-13-11-15(22-29-13)24-12-20-4-3-14(28-20)16(17(20)19(24)26)18(25)21-5-2-6-23-7-9-27-10-8-23/h3-4,11,14,16-17H,2,5-10,12H2,1H3,(H,21,25)/t14?,16?,17?,20-/m0/s1. The van der Waals surface area contributed by atoms with Crippen LogP contribution in [0.4, 0.5) is 5.82 Å². The van der Waals surface area contributed by atoms with Gasteiger partial charge in [0.25, 0.3) is 0 Å². The van der Waals surface area contributed by atoms with Crippen molar-refractivity contribution in [2.75, 3.05) is 50.8 Å². The third-order valence-corrected chi connectivity index (χ3v) is 6.35. The minimum absolute atomic E-state index is 0.111. The molecular weight excluding hydrogens is 376 g/mol. The highest BCUT2D eigenvalue weighted by atomic mass is 16.5. The number of aromatic nitrogens is 1. The fourth-order valence-corrected chi connectivity index (χ4v) is 4.93. The van der Waals surface area contributed by atoms with E-state index in [0.29, 0.717) is 24.7 Å². The van der Waals surface area contributed by atoms with E-state index < -0.39 is 17.4 Å². The van der Waals surface area contributed by atoms with Gasteiger partial charge in [-0.3, -0.25) is 19.4 Å². The van der Waals surface area contributed by atoms with Crippen LogP contribution in [-0.4, -0.2) is 79.5 Å². The largest absolute Gasteiger partial charge is 0.379 e. The highest BCUT2D eigenvalue weighted by Crippen LogP contribution is 2.52. The van der Waals surface area contributed by atoms with E-state index in [4.69, 9.17) is 14.0 Å². The number of ether oxygens (including phenoxy) is 2. The third-order valence-electron chi connectivity index (χ3n) is 6.35. The van der Waals surface area contributed by atoms with E-state index in [1.807, 2.05) is 12.2 Å². The van der Waals surface area contributed by atoms with E-state index >= 15 is 0 Å². The van der Waals surface area contributed by atoms with Crippen molar-refractivity contribution in [1.82, 2.24) is 15.4 Å². The van der Waals surface area contributed by atoms with Gasteiger partial charge >= 0.3 is 0 Å². The minimum Gasteiger partial charge on any atom is -0.379 e. The van der Waals surface area contributed by atoms with E-state index in [1.54, 1.807) is 17.9 Å². The maximum absolute atomic E-state index is 13.2. The van der Waals surface area contributed by atoms with E-state index in [-0.39, 0.29) is 17.9 Å². The first-order valence-electron chi connectivity index (χ1n) is 10.3. The molecule has 3 fully saturated rings. The number of amides is 2. The lowest BCUT2D eigenvalue weighted by atomic mass is 9.77. The van der Waals surface area contributed by atoms with Gasteiger partial charge in [-0.2, -0.15) is 0 Å². The van der Waals surface area contributed by atoms with Crippen LogP contribution < -0.4 is 10.2 Å². The third kappa shape index (κ3) is 3.17. The van der Waals surface area contributed by atoms with Gasteiger partial charge in [0.2, 0.25) is 11.8 Å². The second-order valence-corrected chi connectivity index (χ2v) is 8.22. The van der Waals surface area contributed by atoms with Gasteiger partial charge in [-0.05, 0) is 19.9 Å². The van der Waals surface area contributed by atoms with Crippen LogP contribution in [0.2, 0.25) is 0 Å². The number of aryl methyl sites for hydroxylation is 1. The Kier molecular flexibility index (Phi) is 4.68. The molecule has 3 saturated heterocycles. The molecule has 29 heavy (non-hydrogen) atoms. The summed E-state index contributed by atoms with van der Waals surface area (Å²) in [6.45, 7) is 7.08. The minimum atomic E-state index is -0.746. The summed E-state index contributed by atoms with van der Waals surface area (Å²) in [5, 5.41) is 6.99. The van der Waals surface area contributed by atoms with E-state index in [9.17, 15) is 9.59 Å². The number of carbonyl (C=O) groups is 2. The first-order valence-corrected chi connectivity index (χ1v) is 10.3. The monoisotopic (exact) mass is 402 g/mol. The number of anilines is 1. The summed E-state index contributed by atoms with van der Waals surface area (Å²) in [6.07, 6.45) is 4.38. The summed E-state index contributed by atoms with van der Waals surface area (Å²) in [7, 11) is 0. The van der Waals surface area contributed by atoms with Crippen molar-refractivity contribution in [3.63, 3.8) is 0 Å². The van der Waals surface area contributed by atoms with Crippen LogP contribution in [0.25, 0.3) is 0 Å². The highest BCUT2D eigenvalue weighted by Gasteiger charge is 2.67. The second-order valence-electron chi connectivity index (χ2n) is 8.22. The molecule has 5 heterocycles. The van der Waals surface area contributed by atoms with E-state index in [2.05, 4.69) is 15.4 Å². The molecule has 4 aliphatic heterocycles. The van der Waals surface area contributed by atoms with Crippen LogP contribution in [-0.2, 0) is 19.1 Å². The summed E-state index contributed by atoms with van der Waals surface area (Å²) in [5.74, 6) is -0.153. The summed E-state index contributed by atoms with van der Waals surface area (Å²) in [5.41, 5.74) is -0.746. The Balaban J connectivity index is 1.22. The van der Waals surface area contributed by atoms with Crippen molar-refractivity contribution in [2.24, 2.45) is 11.8 Å². The summed E-state index contributed by atoms with van der Waals surface area (Å²) in [6, 6.07) is 1.73. The maximum Gasteiger partial charge on any atom is 0.235 e. The summed E-state index contributed by atoms with van der Waals surface area (Å²) in [4.78, 5) is 30.0. The van der Waals surface area contributed by atoms with Crippen LogP contribution in [0.15, 0.2) is 22.7 Å². The fourth-order valence-electron chi connectivity index (χ4n) is 4.93. The maximum atomic E-state index is 13.2. The van der Waals surface area contributed by atoms with Crippen molar-refractivity contribution in [1.29, 1.82) is 0 Å². The van der Waals surface area contributed by atoms with Crippen LogP contribution in [0, 0.1) is 18.8 Å². The number of nitrogens with one attached hydrogen (secondary N) is 1. The molecule has 0 radical (unpaired) electrons. The molecule has 1 N–H and O–H groups in total. The molecule has 0 saturated carbocycles. The molecule has 1 spiro atoms. The molecule has 1 aromatic heterocycles. The molecule has 0 aromatic carbocycles. The lowest BCUT2D eigenvalue weighted by Crippen LogP contribution is -2.45. The van der Waals surface area contributed by atoms with Crippen molar-refractivity contribution in [3.05, 3.63) is 24.0 Å². The average Bonchev–Trinajstić information content (AvgIpc) is 3.47. The number of carbonyl (C=O) groups excluding carboxylic acids is 2. The normalized spacial score (nSPS) is 33.5. The first-order chi connectivity index (χ1) is 14.1. The number of hydrogen-bond acceptors (Lipinski definition) is 7. The van der Waals surface area contributed by atoms with E-state index in [0.717, 1.165) is 39.3 Å². The first kappa shape index (κ1) is 18.8. The SMILES string of the molecule is Cc1cc(N2C[C@]34C=CC(O3)C(C(=O)NCCCN3CCOCC3)C4C2=O)no1. The Morgan fingerprint density at radius 2 is 2.21 bits per heavy atom. The van der Waals surface area contributed by atoms with Crippen molar-refractivity contribution >= 4 is 17.6 Å². The fraction of sp³-hybridized carbons (Fsp3) is 0.650. The molecular formula is C20H26N4O5. The molecule has 2 amide bonds.